The van der Waals surface area contributed by atoms with E-state index < -0.39 is 11.4 Å². The van der Waals surface area contributed by atoms with Gasteiger partial charge in [-0.05, 0) is 39.2 Å². The van der Waals surface area contributed by atoms with Gasteiger partial charge in [0.2, 0.25) is 0 Å². The number of esters is 1. The van der Waals surface area contributed by atoms with Crippen molar-refractivity contribution in [3.05, 3.63) is 11.1 Å². The fourth-order valence-electron chi connectivity index (χ4n) is 1.46. The second-order valence-electron chi connectivity index (χ2n) is 5.32. The Bertz CT molecular complexity index is 334. The van der Waals surface area contributed by atoms with Gasteiger partial charge in [0, 0.05) is 5.57 Å². The molecule has 0 unspecified atom stereocenters. The topological polar surface area (TPSA) is 63.6 Å². The Kier molecular flexibility index (Phi) is 6.66. The summed E-state index contributed by atoms with van der Waals surface area (Å²) in [6.45, 7) is 9.20. The van der Waals surface area contributed by atoms with Crippen LogP contribution in [0.3, 0.4) is 0 Å². The predicted molar refractivity (Wildman–Crippen MR) is 70.3 cm³/mol. The second-order valence-corrected chi connectivity index (χ2v) is 5.32. The predicted octanol–water partition coefficient (Wildman–Crippen LogP) is 3.17. The summed E-state index contributed by atoms with van der Waals surface area (Å²) in [5, 5.41) is 9.13. The highest BCUT2D eigenvalue weighted by atomic mass is 16.5. The van der Waals surface area contributed by atoms with Crippen LogP contribution < -0.4 is 0 Å². The van der Waals surface area contributed by atoms with Gasteiger partial charge in [0.1, 0.15) is 6.61 Å². The van der Waals surface area contributed by atoms with E-state index in [1.165, 1.54) is 0 Å². The minimum atomic E-state index is -0.916. The average Bonchev–Trinajstić information content (AvgIpc) is 2.26. The molecular weight excluding hydrogens is 232 g/mol. The smallest absolute Gasteiger partial charge is 0.331 e. The van der Waals surface area contributed by atoms with Crippen molar-refractivity contribution >= 4 is 11.9 Å². The van der Waals surface area contributed by atoms with Crippen molar-refractivity contribution in [2.24, 2.45) is 5.41 Å². The minimum absolute atomic E-state index is 0.0776. The molecule has 0 radical (unpaired) electrons. The van der Waals surface area contributed by atoms with E-state index in [2.05, 4.69) is 0 Å². The zero-order chi connectivity index (χ0) is 14.3. The third-order valence-corrected chi connectivity index (χ3v) is 2.60. The molecule has 1 N–H and O–H groups in total. The molecule has 0 saturated heterocycles. The van der Waals surface area contributed by atoms with Crippen molar-refractivity contribution in [1.29, 1.82) is 0 Å². The van der Waals surface area contributed by atoms with Crippen LogP contribution in [0.15, 0.2) is 11.1 Å². The molecule has 0 aliphatic heterocycles. The van der Waals surface area contributed by atoms with Gasteiger partial charge in [0.25, 0.3) is 0 Å². The first kappa shape index (κ1) is 16.7. The lowest BCUT2D eigenvalue weighted by Gasteiger charge is -2.18. The van der Waals surface area contributed by atoms with E-state index in [0.29, 0.717) is 24.0 Å². The highest BCUT2D eigenvalue weighted by Gasteiger charge is 2.23. The molecule has 0 heterocycles. The van der Waals surface area contributed by atoms with Crippen molar-refractivity contribution in [2.75, 3.05) is 6.61 Å². The van der Waals surface area contributed by atoms with Gasteiger partial charge in [-0.15, -0.1) is 0 Å². The lowest BCUT2D eigenvalue weighted by Crippen LogP contribution is -2.24. The number of carboxylic acid groups (broad SMARTS) is 1. The largest absolute Gasteiger partial charge is 0.478 e. The van der Waals surface area contributed by atoms with Gasteiger partial charge in [-0.25, -0.2) is 4.79 Å². The maximum atomic E-state index is 11.6. The Morgan fingerprint density at radius 1 is 1.17 bits per heavy atom. The lowest BCUT2D eigenvalue weighted by molar-refractivity contribution is -0.152. The van der Waals surface area contributed by atoms with E-state index in [1.54, 1.807) is 20.8 Å². The quantitative estimate of drug-likeness (QED) is 0.585. The molecule has 0 saturated carbocycles. The molecule has 0 amide bonds. The third kappa shape index (κ3) is 5.34. The van der Waals surface area contributed by atoms with Crippen LogP contribution in [-0.4, -0.2) is 23.7 Å². The monoisotopic (exact) mass is 256 g/mol. The fraction of sp³-hybridized carbons (Fsp3) is 0.714. The normalized spacial score (nSPS) is 12.9. The molecule has 0 bridgehead atoms. The van der Waals surface area contributed by atoms with E-state index in [9.17, 15) is 9.59 Å². The van der Waals surface area contributed by atoms with E-state index in [4.69, 9.17) is 9.84 Å². The summed E-state index contributed by atoms with van der Waals surface area (Å²) in [6, 6.07) is 0. The van der Waals surface area contributed by atoms with E-state index in [-0.39, 0.29) is 12.6 Å². The summed E-state index contributed by atoms with van der Waals surface area (Å²) >= 11 is 0. The van der Waals surface area contributed by atoms with E-state index in [0.717, 1.165) is 6.42 Å². The standard InChI is InChI=1S/C14H24O4/c1-6-8-11(12(15)16)10(7-2)9-18-13(17)14(3,4)5/h6-9H2,1-5H3,(H,15,16). The van der Waals surface area contributed by atoms with Gasteiger partial charge in [-0.1, -0.05) is 20.3 Å². The summed E-state index contributed by atoms with van der Waals surface area (Å²) in [4.78, 5) is 22.8. The average molecular weight is 256 g/mol. The van der Waals surface area contributed by atoms with Crippen molar-refractivity contribution in [3.8, 4) is 0 Å². The van der Waals surface area contributed by atoms with Gasteiger partial charge < -0.3 is 9.84 Å². The molecule has 0 aliphatic rings. The fourth-order valence-corrected chi connectivity index (χ4v) is 1.46. The first-order valence-corrected chi connectivity index (χ1v) is 6.35. The zero-order valence-electron chi connectivity index (χ0n) is 12.0. The Balaban J connectivity index is 4.83. The van der Waals surface area contributed by atoms with Gasteiger partial charge in [0.05, 0.1) is 5.41 Å². The van der Waals surface area contributed by atoms with Crippen molar-refractivity contribution < 1.29 is 19.4 Å². The first-order chi connectivity index (χ1) is 8.23. The number of hydrogen-bond donors (Lipinski definition) is 1. The Morgan fingerprint density at radius 3 is 2.06 bits per heavy atom. The van der Waals surface area contributed by atoms with E-state index in [1.807, 2.05) is 13.8 Å². The number of carbonyl (C=O) groups is 2. The van der Waals surface area contributed by atoms with Crippen molar-refractivity contribution in [2.45, 2.75) is 53.9 Å². The number of carbonyl (C=O) groups excluding carboxylic acids is 1. The summed E-state index contributed by atoms with van der Waals surface area (Å²) < 4.78 is 5.18. The highest BCUT2D eigenvalue weighted by molar-refractivity contribution is 5.87. The SMILES string of the molecule is CCCC(C(=O)O)=C(CC)COC(=O)C(C)(C)C. The van der Waals surface area contributed by atoms with Gasteiger partial charge in [-0.3, -0.25) is 4.79 Å². The minimum Gasteiger partial charge on any atom is -0.478 e. The number of rotatable bonds is 6. The molecule has 18 heavy (non-hydrogen) atoms. The molecule has 0 aromatic carbocycles. The molecule has 0 aromatic heterocycles. The van der Waals surface area contributed by atoms with Crippen LogP contribution in [0.2, 0.25) is 0 Å². The summed E-state index contributed by atoms with van der Waals surface area (Å²) in [5.41, 5.74) is 0.510. The molecule has 4 nitrogen and oxygen atoms in total. The molecular formula is C14H24O4. The molecule has 0 atom stereocenters. The summed E-state index contributed by atoms with van der Waals surface area (Å²) in [5.74, 6) is -1.23. The van der Waals surface area contributed by atoms with Gasteiger partial charge in [0.15, 0.2) is 0 Å². The Labute approximate surface area is 109 Å². The van der Waals surface area contributed by atoms with Crippen molar-refractivity contribution in [1.82, 2.24) is 0 Å². The summed E-state index contributed by atoms with van der Waals surface area (Å²) in [7, 11) is 0. The molecule has 4 heteroatoms. The highest BCUT2D eigenvalue weighted by Crippen LogP contribution is 2.19. The maximum absolute atomic E-state index is 11.6. The lowest BCUT2D eigenvalue weighted by atomic mass is 9.97. The van der Waals surface area contributed by atoms with Crippen LogP contribution in [0.5, 0.6) is 0 Å². The molecule has 0 fully saturated rings. The van der Waals surface area contributed by atoms with Crippen LogP contribution in [0.25, 0.3) is 0 Å². The maximum Gasteiger partial charge on any atom is 0.331 e. The van der Waals surface area contributed by atoms with Crippen LogP contribution in [0.1, 0.15) is 53.9 Å². The Morgan fingerprint density at radius 2 is 1.72 bits per heavy atom. The molecule has 104 valence electrons. The first-order valence-electron chi connectivity index (χ1n) is 6.35. The van der Waals surface area contributed by atoms with E-state index >= 15 is 0 Å². The van der Waals surface area contributed by atoms with Crippen LogP contribution in [0.4, 0.5) is 0 Å². The Hall–Kier alpha value is -1.32. The zero-order valence-corrected chi connectivity index (χ0v) is 12.0. The molecule has 0 rings (SSSR count). The third-order valence-electron chi connectivity index (χ3n) is 2.60. The molecule has 0 spiro atoms. The number of carboxylic acids is 1. The molecule has 0 aliphatic carbocycles. The number of hydrogen-bond acceptors (Lipinski definition) is 3. The van der Waals surface area contributed by atoms with Gasteiger partial charge >= 0.3 is 11.9 Å². The van der Waals surface area contributed by atoms with Crippen LogP contribution >= 0.6 is 0 Å². The number of aliphatic carboxylic acids is 1. The van der Waals surface area contributed by atoms with Crippen LogP contribution in [0, 0.1) is 5.41 Å². The number of ether oxygens (including phenoxy) is 1. The summed E-state index contributed by atoms with van der Waals surface area (Å²) in [6.07, 6.45) is 1.85. The van der Waals surface area contributed by atoms with Crippen LogP contribution in [-0.2, 0) is 14.3 Å². The molecule has 0 aromatic rings. The van der Waals surface area contributed by atoms with Gasteiger partial charge in [-0.2, -0.15) is 0 Å². The van der Waals surface area contributed by atoms with Crippen molar-refractivity contribution in [3.63, 3.8) is 0 Å². The second kappa shape index (κ2) is 7.19.